The molecular formula is C55H36O. The van der Waals surface area contributed by atoms with E-state index >= 15 is 0 Å². The maximum absolute atomic E-state index is 6.31. The van der Waals surface area contributed by atoms with Gasteiger partial charge in [0.1, 0.15) is 11.2 Å². The molecule has 1 heterocycles. The lowest BCUT2D eigenvalue weighted by molar-refractivity contribution is 0.661. The molecule has 262 valence electrons. The van der Waals surface area contributed by atoms with Crippen LogP contribution >= 0.6 is 0 Å². The quantitative estimate of drug-likeness (QED) is 0.166. The van der Waals surface area contributed by atoms with Crippen LogP contribution in [0.4, 0.5) is 0 Å². The van der Waals surface area contributed by atoms with Crippen molar-refractivity contribution in [3.8, 4) is 44.5 Å². The number of rotatable bonds is 3. The molecule has 1 aliphatic carbocycles. The Kier molecular flexibility index (Phi) is 6.46. The highest BCUT2D eigenvalue weighted by molar-refractivity contribution is 6.22. The molecule has 1 aromatic heterocycles. The van der Waals surface area contributed by atoms with Gasteiger partial charge in [0.05, 0.1) is 0 Å². The van der Waals surface area contributed by atoms with Crippen molar-refractivity contribution >= 4 is 65.0 Å². The molecular weight excluding hydrogens is 677 g/mol. The third kappa shape index (κ3) is 4.49. The smallest absolute Gasteiger partial charge is 0.136 e. The van der Waals surface area contributed by atoms with Crippen molar-refractivity contribution in [3.05, 3.63) is 193 Å². The predicted molar refractivity (Wildman–Crippen MR) is 238 cm³/mol. The van der Waals surface area contributed by atoms with Gasteiger partial charge in [0.15, 0.2) is 0 Å². The Morgan fingerprint density at radius 2 is 0.893 bits per heavy atom. The van der Waals surface area contributed by atoms with Crippen LogP contribution in [-0.4, -0.2) is 0 Å². The topological polar surface area (TPSA) is 13.1 Å². The Labute approximate surface area is 325 Å². The average molecular weight is 713 g/mol. The SMILES string of the molecule is CC1(C)c2ccc(-c3cccc(-c4c5ccccc5c(-c5ccc6ccccc6c5)c5ccccc45)c3)cc2-c2cc3cc4oc5ccccc5c4cc3cc21. The molecule has 0 N–H and O–H groups in total. The molecule has 1 heteroatoms. The van der Waals surface area contributed by atoms with E-state index < -0.39 is 0 Å². The van der Waals surface area contributed by atoms with Crippen LogP contribution in [0, 0.1) is 0 Å². The number of hydrogen-bond donors (Lipinski definition) is 0. The Morgan fingerprint density at radius 1 is 0.321 bits per heavy atom. The van der Waals surface area contributed by atoms with Gasteiger partial charge in [0.25, 0.3) is 0 Å². The molecule has 0 saturated heterocycles. The Balaban J connectivity index is 1.02. The van der Waals surface area contributed by atoms with Crippen molar-refractivity contribution in [1.82, 2.24) is 0 Å². The summed E-state index contributed by atoms with van der Waals surface area (Å²) in [5, 5.41) is 12.4. The molecule has 0 unspecified atom stereocenters. The molecule has 0 radical (unpaired) electrons. The fraction of sp³-hybridized carbons (Fsp3) is 0.0545. The van der Waals surface area contributed by atoms with Crippen LogP contribution in [0.15, 0.2) is 186 Å². The first-order chi connectivity index (χ1) is 27.5. The van der Waals surface area contributed by atoms with Gasteiger partial charge >= 0.3 is 0 Å². The monoisotopic (exact) mass is 712 g/mol. The van der Waals surface area contributed by atoms with E-state index in [9.17, 15) is 0 Å². The van der Waals surface area contributed by atoms with Crippen molar-refractivity contribution in [3.63, 3.8) is 0 Å². The van der Waals surface area contributed by atoms with Crippen molar-refractivity contribution in [2.45, 2.75) is 19.3 Å². The highest BCUT2D eigenvalue weighted by Gasteiger charge is 2.36. The largest absolute Gasteiger partial charge is 0.456 e. The molecule has 0 aliphatic heterocycles. The number of fused-ring (bicyclic) bond motifs is 10. The summed E-state index contributed by atoms with van der Waals surface area (Å²) in [5.41, 5.74) is 14.6. The lowest BCUT2D eigenvalue weighted by atomic mass is 9.81. The number of furan rings is 1. The molecule has 10 aromatic carbocycles. The van der Waals surface area contributed by atoms with Crippen LogP contribution in [0.5, 0.6) is 0 Å². The van der Waals surface area contributed by atoms with Gasteiger partial charge in [0.2, 0.25) is 0 Å². The van der Waals surface area contributed by atoms with E-state index in [4.69, 9.17) is 4.42 Å². The average Bonchev–Trinajstić information content (AvgIpc) is 3.71. The second-order valence-electron chi connectivity index (χ2n) is 16.1. The van der Waals surface area contributed by atoms with E-state index in [1.807, 2.05) is 6.07 Å². The molecule has 0 spiro atoms. The van der Waals surface area contributed by atoms with Gasteiger partial charge in [-0.2, -0.15) is 0 Å². The first-order valence-electron chi connectivity index (χ1n) is 19.6. The van der Waals surface area contributed by atoms with E-state index in [-0.39, 0.29) is 5.41 Å². The molecule has 0 amide bonds. The van der Waals surface area contributed by atoms with Crippen LogP contribution in [0.3, 0.4) is 0 Å². The molecule has 0 fully saturated rings. The van der Waals surface area contributed by atoms with Crippen LogP contribution in [-0.2, 0) is 5.41 Å². The van der Waals surface area contributed by atoms with Crippen molar-refractivity contribution < 1.29 is 4.42 Å². The fourth-order valence-electron chi connectivity index (χ4n) is 9.85. The van der Waals surface area contributed by atoms with Crippen molar-refractivity contribution in [2.75, 3.05) is 0 Å². The molecule has 1 aliphatic rings. The zero-order chi connectivity index (χ0) is 37.1. The van der Waals surface area contributed by atoms with Crippen LogP contribution < -0.4 is 0 Å². The Bertz CT molecular complexity index is 3390. The van der Waals surface area contributed by atoms with E-state index in [0.29, 0.717) is 0 Å². The first kappa shape index (κ1) is 31.4. The first-order valence-corrected chi connectivity index (χ1v) is 19.6. The van der Waals surface area contributed by atoms with Gasteiger partial charge < -0.3 is 4.42 Å². The Morgan fingerprint density at radius 3 is 1.64 bits per heavy atom. The number of benzene rings is 10. The highest BCUT2D eigenvalue weighted by atomic mass is 16.3. The van der Waals surface area contributed by atoms with Crippen molar-refractivity contribution in [1.29, 1.82) is 0 Å². The zero-order valence-electron chi connectivity index (χ0n) is 31.2. The third-order valence-corrected chi connectivity index (χ3v) is 12.6. The summed E-state index contributed by atoms with van der Waals surface area (Å²) in [5.74, 6) is 0. The van der Waals surface area contributed by atoms with Crippen LogP contribution in [0.2, 0.25) is 0 Å². The molecule has 56 heavy (non-hydrogen) atoms. The van der Waals surface area contributed by atoms with Gasteiger partial charge in [-0.3, -0.25) is 0 Å². The molecule has 0 atom stereocenters. The summed E-state index contributed by atoms with van der Waals surface area (Å²) < 4.78 is 6.31. The van der Waals surface area contributed by atoms with Crippen molar-refractivity contribution in [2.24, 2.45) is 0 Å². The molecule has 0 bridgehead atoms. The molecule has 11 aromatic rings. The summed E-state index contributed by atoms with van der Waals surface area (Å²) >= 11 is 0. The third-order valence-electron chi connectivity index (χ3n) is 12.6. The Hall–Kier alpha value is -6.96. The van der Waals surface area contributed by atoms with Crippen LogP contribution in [0.1, 0.15) is 25.0 Å². The molecule has 0 saturated carbocycles. The minimum atomic E-state index is -0.114. The maximum atomic E-state index is 6.31. The minimum absolute atomic E-state index is 0.114. The lowest BCUT2D eigenvalue weighted by Gasteiger charge is -2.22. The van der Waals surface area contributed by atoms with Gasteiger partial charge in [-0.1, -0.05) is 147 Å². The summed E-state index contributed by atoms with van der Waals surface area (Å²) in [6.07, 6.45) is 0. The summed E-state index contributed by atoms with van der Waals surface area (Å²) in [4.78, 5) is 0. The van der Waals surface area contributed by atoms with Gasteiger partial charge in [-0.25, -0.2) is 0 Å². The fourth-order valence-corrected chi connectivity index (χ4v) is 9.85. The van der Waals surface area contributed by atoms with Gasteiger partial charge in [0, 0.05) is 16.2 Å². The van der Waals surface area contributed by atoms with E-state index in [1.54, 1.807) is 0 Å². The standard InChI is InChI=1S/C55H36O/c1-55(2)49-25-24-36(28-46(49)47-29-40-32-52-48(30-39(40)31-50(47)55)41-16-9-10-21-51(41)56-52)35-14-11-15-37(27-35)53-42-17-5-7-19-44(42)54(45-20-8-6-18-43(45)53)38-23-22-33-12-3-4-13-34(33)26-38/h3-32H,1-2H3. The summed E-state index contributed by atoms with van der Waals surface area (Å²) in [7, 11) is 0. The highest BCUT2D eigenvalue weighted by Crippen LogP contribution is 2.52. The minimum Gasteiger partial charge on any atom is -0.456 e. The number of para-hydroxylation sites is 1. The molecule has 1 nitrogen and oxygen atoms in total. The summed E-state index contributed by atoms with van der Waals surface area (Å²) in [6.45, 7) is 4.74. The maximum Gasteiger partial charge on any atom is 0.136 e. The van der Waals surface area contributed by atoms with Gasteiger partial charge in [-0.15, -0.1) is 0 Å². The lowest BCUT2D eigenvalue weighted by Crippen LogP contribution is -2.14. The predicted octanol–water partition coefficient (Wildman–Crippen LogP) is 15.5. The zero-order valence-corrected chi connectivity index (χ0v) is 31.2. The van der Waals surface area contributed by atoms with E-state index in [0.717, 1.165) is 11.2 Å². The molecule has 12 rings (SSSR count). The second kappa shape index (κ2) is 11.5. The number of hydrogen-bond acceptors (Lipinski definition) is 1. The summed E-state index contributed by atoms with van der Waals surface area (Å²) in [6, 6.07) is 67.4. The van der Waals surface area contributed by atoms with E-state index in [1.165, 1.54) is 109 Å². The van der Waals surface area contributed by atoms with Crippen LogP contribution in [0.25, 0.3) is 110 Å². The normalized spacial score (nSPS) is 13.3. The van der Waals surface area contributed by atoms with E-state index in [2.05, 4.69) is 190 Å². The second-order valence-corrected chi connectivity index (χ2v) is 16.1. The van der Waals surface area contributed by atoms with Gasteiger partial charge in [-0.05, 0) is 147 Å².